The summed E-state index contributed by atoms with van der Waals surface area (Å²) in [5, 5.41) is 0. The monoisotopic (exact) mass is 234 g/mol. The summed E-state index contributed by atoms with van der Waals surface area (Å²) in [7, 11) is 2.07. The van der Waals surface area contributed by atoms with Crippen molar-refractivity contribution < 1.29 is 9.53 Å². The van der Waals surface area contributed by atoms with E-state index in [1.165, 1.54) is 5.56 Å². The van der Waals surface area contributed by atoms with Crippen LogP contribution in [0.5, 0.6) is 0 Å². The topological polar surface area (TPSA) is 42.4 Å². The van der Waals surface area contributed by atoms with Crippen LogP contribution in [0.2, 0.25) is 0 Å². The zero-order chi connectivity index (χ0) is 12.4. The van der Waals surface area contributed by atoms with Crippen LogP contribution >= 0.6 is 0 Å². The highest BCUT2D eigenvalue weighted by Crippen LogP contribution is 2.20. The summed E-state index contributed by atoms with van der Waals surface area (Å²) in [6.45, 7) is 6.08. The smallest absolute Gasteiger partial charge is 0.356 e. The van der Waals surface area contributed by atoms with Gasteiger partial charge in [0.05, 0.1) is 12.3 Å². The normalized spacial score (nSPS) is 15.5. The zero-order valence-electron chi connectivity index (χ0n) is 10.6. The van der Waals surface area contributed by atoms with Crippen LogP contribution in [0.15, 0.2) is 6.07 Å². The molecule has 0 saturated heterocycles. The molecule has 92 valence electrons. The molecule has 0 atom stereocenters. The van der Waals surface area contributed by atoms with E-state index in [1.54, 1.807) is 6.92 Å². The molecule has 0 bridgehead atoms. The molecule has 4 nitrogen and oxygen atoms in total. The first-order valence-corrected chi connectivity index (χ1v) is 5.97. The van der Waals surface area contributed by atoms with Gasteiger partial charge in [0.25, 0.3) is 0 Å². The van der Waals surface area contributed by atoms with Crippen LogP contribution in [0.3, 0.4) is 0 Å². The molecule has 2 heterocycles. The summed E-state index contributed by atoms with van der Waals surface area (Å²) in [6, 6.07) is 1.84. The van der Waals surface area contributed by atoms with Crippen molar-refractivity contribution in [2.75, 3.05) is 20.2 Å². The van der Waals surface area contributed by atoms with E-state index in [1.807, 2.05) is 13.0 Å². The van der Waals surface area contributed by atoms with E-state index in [-0.39, 0.29) is 5.97 Å². The minimum Gasteiger partial charge on any atom is -0.461 e. The fourth-order valence-corrected chi connectivity index (χ4v) is 2.18. The van der Waals surface area contributed by atoms with Gasteiger partial charge >= 0.3 is 5.97 Å². The Bertz CT molecular complexity index is 443. The van der Waals surface area contributed by atoms with E-state index >= 15 is 0 Å². The molecule has 4 heteroatoms. The third kappa shape index (κ3) is 2.47. The molecule has 2 rings (SSSR count). The van der Waals surface area contributed by atoms with Crippen LogP contribution in [0, 0.1) is 6.92 Å². The molecule has 0 spiro atoms. The molecule has 0 amide bonds. The van der Waals surface area contributed by atoms with Crippen LogP contribution < -0.4 is 0 Å². The van der Waals surface area contributed by atoms with Gasteiger partial charge < -0.3 is 9.64 Å². The number of aryl methyl sites for hydroxylation is 1. The second-order valence-corrected chi connectivity index (χ2v) is 4.46. The Morgan fingerprint density at radius 1 is 1.59 bits per heavy atom. The minimum absolute atomic E-state index is 0.327. The van der Waals surface area contributed by atoms with E-state index in [9.17, 15) is 4.79 Å². The predicted molar refractivity (Wildman–Crippen MR) is 65.0 cm³/mol. The molecule has 0 aromatic carbocycles. The Morgan fingerprint density at radius 2 is 2.35 bits per heavy atom. The van der Waals surface area contributed by atoms with E-state index in [0.29, 0.717) is 12.3 Å². The van der Waals surface area contributed by atoms with Gasteiger partial charge in [-0.15, -0.1) is 0 Å². The van der Waals surface area contributed by atoms with E-state index < -0.39 is 0 Å². The lowest BCUT2D eigenvalue weighted by molar-refractivity contribution is 0.0518. The van der Waals surface area contributed by atoms with E-state index in [4.69, 9.17) is 4.74 Å². The minimum atomic E-state index is -0.327. The second kappa shape index (κ2) is 4.84. The fraction of sp³-hybridized carbons (Fsp3) is 0.538. The number of likely N-dealkylation sites (N-methyl/N-ethyl adjacent to an activating group) is 1. The van der Waals surface area contributed by atoms with Gasteiger partial charge in [0.1, 0.15) is 5.69 Å². The molecule has 17 heavy (non-hydrogen) atoms. The number of hydrogen-bond donors (Lipinski definition) is 0. The number of carbonyl (C=O) groups excluding carboxylic acids is 1. The summed E-state index contributed by atoms with van der Waals surface area (Å²) in [6.07, 6.45) is 1.01. The number of nitrogens with zero attached hydrogens (tertiary/aromatic N) is 2. The van der Waals surface area contributed by atoms with Crippen LogP contribution in [0.4, 0.5) is 0 Å². The van der Waals surface area contributed by atoms with Gasteiger partial charge in [-0.3, -0.25) is 0 Å². The van der Waals surface area contributed by atoms with Crippen molar-refractivity contribution in [3.63, 3.8) is 0 Å². The maximum atomic E-state index is 11.7. The standard InChI is InChI=1S/C13H18N2O2/c1-4-17-13(16)11-7-9(2)10-5-6-15(3)8-12(10)14-11/h7H,4-6,8H2,1-3H3. The van der Waals surface area contributed by atoms with Gasteiger partial charge in [-0.1, -0.05) is 0 Å². The fourth-order valence-electron chi connectivity index (χ4n) is 2.18. The SMILES string of the molecule is CCOC(=O)c1cc(C)c2c(n1)CN(C)CC2. The van der Waals surface area contributed by atoms with Gasteiger partial charge in [0, 0.05) is 13.1 Å². The highest BCUT2D eigenvalue weighted by Gasteiger charge is 2.19. The van der Waals surface area contributed by atoms with Crippen molar-refractivity contribution in [2.24, 2.45) is 0 Å². The third-order valence-electron chi connectivity index (χ3n) is 3.08. The summed E-state index contributed by atoms with van der Waals surface area (Å²) in [5.41, 5.74) is 3.88. The summed E-state index contributed by atoms with van der Waals surface area (Å²) >= 11 is 0. The summed E-state index contributed by atoms with van der Waals surface area (Å²) in [5.74, 6) is -0.327. The molecular formula is C13H18N2O2. The number of ether oxygens (including phenoxy) is 1. The number of hydrogen-bond acceptors (Lipinski definition) is 4. The van der Waals surface area contributed by atoms with Gasteiger partial charge in [-0.05, 0) is 44.5 Å². The molecule has 1 aromatic rings. The molecule has 0 aliphatic carbocycles. The molecule has 0 saturated carbocycles. The van der Waals surface area contributed by atoms with E-state index in [0.717, 1.165) is 30.8 Å². The predicted octanol–water partition coefficient (Wildman–Crippen LogP) is 1.55. The van der Waals surface area contributed by atoms with Crippen molar-refractivity contribution in [1.82, 2.24) is 9.88 Å². The van der Waals surface area contributed by atoms with Crippen LogP contribution in [0.25, 0.3) is 0 Å². The van der Waals surface area contributed by atoms with Crippen LogP contribution in [-0.2, 0) is 17.7 Å². The Morgan fingerprint density at radius 3 is 3.06 bits per heavy atom. The van der Waals surface area contributed by atoms with Gasteiger partial charge in [0.2, 0.25) is 0 Å². The average molecular weight is 234 g/mol. The lowest BCUT2D eigenvalue weighted by atomic mass is 9.99. The first kappa shape index (κ1) is 12.0. The Kier molecular flexibility index (Phi) is 3.43. The largest absolute Gasteiger partial charge is 0.461 e. The molecule has 0 unspecified atom stereocenters. The molecule has 1 aromatic heterocycles. The lowest BCUT2D eigenvalue weighted by Gasteiger charge is -2.25. The number of rotatable bonds is 2. The number of fused-ring (bicyclic) bond motifs is 1. The summed E-state index contributed by atoms with van der Waals surface area (Å²) in [4.78, 5) is 18.3. The molecular weight excluding hydrogens is 216 g/mol. The van der Waals surface area contributed by atoms with Gasteiger partial charge in [0.15, 0.2) is 0 Å². The number of esters is 1. The molecule has 0 radical (unpaired) electrons. The van der Waals surface area contributed by atoms with Crippen molar-refractivity contribution in [3.8, 4) is 0 Å². The Hall–Kier alpha value is -1.42. The van der Waals surface area contributed by atoms with Crippen LogP contribution in [-0.4, -0.2) is 36.1 Å². The van der Waals surface area contributed by atoms with Crippen molar-refractivity contribution in [2.45, 2.75) is 26.8 Å². The van der Waals surface area contributed by atoms with Crippen molar-refractivity contribution in [3.05, 3.63) is 28.6 Å². The first-order valence-electron chi connectivity index (χ1n) is 5.97. The molecule has 1 aliphatic heterocycles. The maximum absolute atomic E-state index is 11.7. The molecule has 0 N–H and O–H groups in total. The number of pyridine rings is 1. The second-order valence-electron chi connectivity index (χ2n) is 4.46. The maximum Gasteiger partial charge on any atom is 0.356 e. The zero-order valence-corrected chi connectivity index (χ0v) is 10.6. The highest BCUT2D eigenvalue weighted by atomic mass is 16.5. The molecule has 0 fully saturated rings. The van der Waals surface area contributed by atoms with E-state index in [2.05, 4.69) is 16.9 Å². The van der Waals surface area contributed by atoms with Crippen LogP contribution in [0.1, 0.15) is 34.2 Å². The number of carbonyl (C=O) groups is 1. The number of aromatic nitrogens is 1. The quantitative estimate of drug-likeness (QED) is 0.728. The summed E-state index contributed by atoms with van der Waals surface area (Å²) < 4.78 is 4.99. The third-order valence-corrected chi connectivity index (χ3v) is 3.08. The van der Waals surface area contributed by atoms with Gasteiger partial charge in [-0.2, -0.15) is 0 Å². The average Bonchev–Trinajstić information content (AvgIpc) is 2.28. The highest BCUT2D eigenvalue weighted by molar-refractivity contribution is 5.87. The van der Waals surface area contributed by atoms with Gasteiger partial charge in [-0.25, -0.2) is 9.78 Å². The Labute approximate surface area is 102 Å². The Balaban J connectivity index is 2.35. The first-order chi connectivity index (χ1) is 8.11. The van der Waals surface area contributed by atoms with Crippen molar-refractivity contribution >= 4 is 5.97 Å². The molecule has 1 aliphatic rings. The van der Waals surface area contributed by atoms with Crippen molar-refractivity contribution in [1.29, 1.82) is 0 Å². The lowest BCUT2D eigenvalue weighted by Crippen LogP contribution is -2.28.